The van der Waals surface area contributed by atoms with Crippen molar-refractivity contribution in [3.05, 3.63) is 34.3 Å². The van der Waals surface area contributed by atoms with Crippen LogP contribution in [0.5, 0.6) is 0 Å². The van der Waals surface area contributed by atoms with Crippen molar-refractivity contribution in [2.75, 3.05) is 13.1 Å². The first-order chi connectivity index (χ1) is 12.3. The molecule has 2 rings (SSSR count). The molecule has 0 spiro atoms. The third-order valence-corrected chi connectivity index (χ3v) is 4.06. The smallest absolute Gasteiger partial charge is 0.357 e. The maximum Gasteiger partial charge on any atom is 0.434 e. The Morgan fingerprint density at radius 2 is 2.07 bits per heavy atom. The molecule has 0 amide bonds. The van der Waals surface area contributed by atoms with Gasteiger partial charge in [0, 0.05) is 37.3 Å². The fraction of sp³-hybridized carbons (Fsp3) is 0.500. The molecular weight excluding hydrogens is 506 g/mol. The van der Waals surface area contributed by atoms with Crippen molar-refractivity contribution in [3.63, 3.8) is 0 Å². The lowest BCUT2D eigenvalue weighted by Gasteiger charge is -2.11. The number of aliphatic imine (C=N–C) groups is 1. The highest BCUT2D eigenvalue weighted by atomic mass is 127. The molecule has 2 N–H and O–H groups in total. The summed E-state index contributed by atoms with van der Waals surface area (Å²) in [7, 11) is 0. The van der Waals surface area contributed by atoms with Gasteiger partial charge in [0.15, 0.2) is 11.7 Å². The predicted octanol–water partition coefficient (Wildman–Crippen LogP) is 3.67. The summed E-state index contributed by atoms with van der Waals surface area (Å²) >= 11 is 0.930. The summed E-state index contributed by atoms with van der Waals surface area (Å²) in [5.41, 5.74) is -0.906. The second-order valence-corrected chi connectivity index (χ2v) is 5.97. The lowest BCUT2D eigenvalue weighted by Crippen LogP contribution is -2.38. The number of halogens is 6. The zero-order chi connectivity index (χ0) is 19.2. The van der Waals surface area contributed by atoms with Crippen molar-refractivity contribution in [1.82, 2.24) is 25.2 Å². The van der Waals surface area contributed by atoms with Crippen LogP contribution in [0.1, 0.15) is 30.0 Å². The van der Waals surface area contributed by atoms with Gasteiger partial charge in [0.2, 0.25) is 0 Å². The molecule has 0 aromatic carbocycles. The van der Waals surface area contributed by atoms with Gasteiger partial charge in [-0.15, -0.1) is 35.3 Å². The highest BCUT2D eigenvalue weighted by molar-refractivity contribution is 14.0. The zero-order valence-electron chi connectivity index (χ0n) is 14.1. The predicted molar refractivity (Wildman–Crippen MR) is 103 cm³/mol. The van der Waals surface area contributed by atoms with E-state index < -0.39 is 18.4 Å². The van der Waals surface area contributed by atoms with Crippen LogP contribution >= 0.6 is 35.3 Å². The number of aromatic nitrogens is 3. The van der Waals surface area contributed by atoms with Gasteiger partial charge in [0.1, 0.15) is 12.4 Å². The molecule has 0 aliphatic carbocycles. The monoisotopic (exact) mass is 524 g/mol. The molecule has 6 nitrogen and oxygen atoms in total. The van der Waals surface area contributed by atoms with Crippen molar-refractivity contribution in [2.24, 2.45) is 4.99 Å². The van der Waals surface area contributed by atoms with Gasteiger partial charge in [-0.05, 0) is 6.92 Å². The Morgan fingerprint density at radius 3 is 2.67 bits per heavy atom. The first kappa shape index (κ1) is 23.5. The van der Waals surface area contributed by atoms with Crippen molar-refractivity contribution < 1.29 is 22.0 Å². The quantitative estimate of drug-likeness (QED) is 0.251. The van der Waals surface area contributed by atoms with Crippen LogP contribution in [0.3, 0.4) is 0 Å². The maximum atomic E-state index is 12.8. The van der Waals surface area contributed by atoms with E-state index in [1.807, 2.05) is 6.92 Å². The van der Waals surface area contributed by atoms with Gasteiger partial charge in [-0.1, -0.05) is 0 Å². The molecule has 0 radical (unpaired) electrons. The molecule has 2 aromatic rings. The summed E-state index contributed by atoms with van der Waals surface area (Å²) in [5.74, 6) is 0.455. The third-order valence-electron chi connectivity index (χ3n) is 3.16. The van der Waals surface area contributed by atoms with Gasteiger partial charge in [0.05, 0.1) is 5.01 Å². The fourth-order valence-corrected chi connectivity index (χ4v) is 2.78. The number of guanidine groups is 1. The molecule has 0 aliphatic rings. The zero-order valence-corrected chi connectivity index (χ0v) is 17.3. The highest BCUT2D eigenvalue weighted by Gasteiger charge is 2.33. The SMILES string of the molecule is CCNC(=NCc1nccn1C(F)F)NCCc1nc(C(F)(F)F)cs1.I. The normalized spacial score (nSPS) is 12.2. The molecular formula is C14H18F5IN6S. The Bertz CT molecular complexity index is 730. The van der Waals surface area contributed by atoms with Gasteiger partial charge < -0.3 is 10.6 Å². The number of alkyl halides is 5. The second-order valence-electron chi connectivity index (χ2n) is 5.02. The van der Waals surface area contributed by atoms with Crippen molar-refractivity contribution in [1.29, 1.82) is 0 Å². The highest BCUT2D eigenvalue weighted by Crippen LogP contribution is 2.29. The minimum Gasteiger partial charge on any atom is -0.357 e. The molecule has 0 fully saturated rings. The number of imidazole rings is 1. The van der Waals surface area contributed by atoms with Crippen molar-refractivity contribution in [2.45, 2.75) is 32.6 Å². The van der Waals surface area contributed by atoms with E-state index in [0.717, 1.165) is 22.9 Å². The topological polar surface area (TPSA) is 67.1 Å². The van der Waals surface area contributed by atoms with E-state index in [2.05, 4.69) is 25.6 Å². The maximum absolute atomic E-state index is 12.8. The standard InChI is InChI=1S/C14H17F5N6S.HI/c1-2-20-13(23-7-10-21-5-6-25(10)12(15)16)22-4-3-11-24-9(8-26-11)14(17,18)19;/h5-6,8,12H,2-4,7H2,1H3,(H2,20,22,23);1H. The van der Waals surface area contributed by atoms with E-state index in [0.29, 0.717) is 28.6 Å². The minimum absolute atomic E-state index is 0. The molecule has 0 saturated carbocycles. The Labute approximate surface area is 173 Å². The molecule has 152 valence electrons. The van der Waals surface area contributed by atoms with Gasteiger partial charge in [-0.25, -0.2) is 15.0 Å². The van der Waals surface area contributed by atoms with Crippen LogP contribution in [0.25, 0.3) is 0 Å². The Morgan fingerprint density at radius 1 is 1.33 bits per heavy atom. The summed E-state index contributed by atoms with van der Waals surface area (Å²) in [4.78, 5) is 11.5. The molecule has 0 atom stereocenters. The Balaban J connectivity index is 0.00000364. The number of rotatable bonds is 7. The van der Waals surface area contributed by atoms with Crippen LogP contribution in [-0.2, 0) is 19.1 Å². The lowest BCUT2D eigenvalue weighted by atomic mass is 10.4. The van der Waals surface area contributed by atoms with Crippen LogP contribution in [0.2, 0.25) is 0 Å². The molecule has 27 heavy (non-hydrogen) atoms. The molecule has 0 aliphatic heterocycles. The van der Waals surface area contributed by atoms with E-state index in [1.165, 1.54) is 6.20 Å². The van der Waals surface area contributed by atoms with Gasteiger partial charge >= 0.3 is 12.7 Å². The van der Waals surface area contributed by atoms with E-state index in [-0.39, 0.29) is 42.8 Å². The molecule has 0 bridgehead atoms. The second kappa shape index (κ2) is 10.7. The first-order valence-electron chi connectivity index (χ1n) is 7.65. The summed E-state index contributed by atoms with van der Waals surface area (Å²) < 4.78 is 63.8. The fourth-order valence-electron chi connectivity index (χ4n) is 1.98. The number of nitrogens with one attached hydrogen (secondary N) is 2. The molecule has 2 aromatic heterocycles. The summed E-state index contributed by atoms with van der Waals surface area (Å²) in [5, 5.41) is 7.17. The van der Waals surface area contributed by atoms with Gasteiger partial charge in [-0.3, -0.25) is 4.57 Å². The van der Waals surface area contributed by atoms with Crippen LogP contribution in [0.4, 0.5) is 22.0 Å². The molecule has 0 saturated heterocycles. The van der Waals surface area contributed by atoms with E-state index in [4.69, 9.17) is 0 Å². The van der Waals surface area contributed by atoms with Crippen molar-refractivity contribution >= 4 is 41.3 Å². The first-order valence-corrected chi connectivity index (χ1v) is 8.53. The molecule has 0 unspecified atom stereocenters. The average molecular weight is 524 g/mol. The molecule has 2 heterocycles. The summed E-state index contributed by atoms with van der Waals surface area (Å²) in [6.45, 7) is -0.119. The van der Waals surface area contributed by atoms with E-state index in [9.17, 15) is 22.0 Å². The van der Waals surface area contributed by atoms with Gasteiger partial charge in [0.25, 0.3) is 0 Å². The summed E-state index contributed by atoms with van der Waals surface area (Å²) in [6.07, 6.45) is -1.75. The number of hydrogen-bond acceptors (Lipinski definition) is 4. The minimum atomic E-state index is -4.45. The van der Waals surface area contributed by atoms with Crippen LogP contribution < -0.4 is 10.6 Å². The number of nitrogens with zero attached hydrogens (tertiary/aromatic N) is 4. The Kier molecular flexibility index (Phi) is 9.35. The van der Waals surface area contributed by atoms with Gasteiger partial charge in [-0.2, -0.15) is 22.0 Å². The van der Waals surface area contributed by atoms with E-state index >= 15 is 0 Å². The summed E-state index contributed by atoms with van der Waals surface area (Å²) in [6, 6.07) is 0. The lowest BCUT2D eigenvalue weighted by molar-refractivity contribution is -0.140. The van der Waals surface area contributed by atoms with Crippen molar-refractivity contribution in [3.8, 4) is 0 Å². The van der Waals surface area contributed by atoms with Crippen LogP contribution in [0, 0.1) is 0 Å². The third kappa shape index (κ3) is 7.20. The van der Waals surface area contributed by atoms with E-state index in [1.54, 1.807) is 0 Å². The Hall–Kier alpha value is -1.51. The number of thiazole rings is 1. The molecule has 13 heteroatoms. The van der Waals surface area contributed by atoms with Crippen LogP contribution in [0.15, 0.2) is 22.8 Å². The van der Waals surface area contributed by atoms with Crippen LogP contribution in [-0.4, -0.2) is 33.6 Å². The largest absolute Gasteiger partial charge is 0.434 e. The number of hydrogen-bond donors (Lipinski definition) is 2. The average Bonchev–Trinajstić information content (AvgIpc) is 3.21.